The Labute approximate surface area is 120 Å². The Hall–Kier alpha value is -2.13. The van der Waals surface area contributed by atoms with Crippen molar-refractivity contribution in [2.24, 2.45) is 7.05 Å². The van der Waals surface area contributed by atoms with Gasteiger partial charge in [-0.3, -0.25) is 0 Å². The molecule has 4 rings (SSSR count). The number of aromatic nitrogens is 3. The SMILES string of the molecule is Cn1c2ccccc2c2nc3cccc(CCl)c3nc21. The lowest BCUT2D eigenvalue weighted by Crippen LogP contribution is -1.94. The maximum Gasteiger partial charge on any atom is 0.160 e. The van der Waals surface area contributed by atoms with Crippen LogP contribution in [0.4, 0.5) is 0 Å². The van der Waals surface area contributed by atoms with Gasteiger partial charge in [-0.25, -0.2) is 9.97 Å². The van der Waals surface area contributed by atoms with Crippen LogP contribution in [0.2, 0.25) is 0 Å². The van der Waals surface area contributed by atoms with E-state index in [1.807, 2.05) is 37.4 Å². The smallest absolute Gasteiger partial charge is 0.160 e. The summed E-state index contributed by atoms with van der Waals surface area (Å²) in [5.74, 6) is 0.446. The van der Waals surface area contributed by atoms with E-state index in [1.165, 1.54) is 0 Å². The van der Waals surface area contributed by atoms with Gasteiger partial charge in [-0.1, -0.05) is 30.3 Å². The van der Waals surface area contributed by atoms with Crippen LogP contribution in [0, 0.1) is 0 Å². The molecule has 98 valence electrons. The zero-order valence-corrected chi connectivity index (χ0v) is 11.7. The summed E-state index contributed by atoms with van der Waals surface area (Å²) < 4.78 is 2.09. The molecule has 2 aromatic heterocycles. The topological polar surface area (TPSA) is 30.7 Å². The van der Waals surface area contributed by atoms with Gasteiger partial charge < -0.3 is 4.57 Å². The van der Waals surface area contributed by atoms with Gasteiger partial charge >= 0.3 is 0 Å². The highest BCUT2D eigenvalue weighted by Crippen LogP contribution is 2.28. The van der Waals surface area contributed by atoms with Gasteiger partial charge in [0.2, 0.25) is 0 Å². The Morgan fingerprint density at radius 3 is 2.70 bits per heavy atom. The predicted molar refractivity (Wildman–Crippen MR) is 83.1 cm³/mol. The minimum Gasteiger partial charge on any atom is -0.327 e. The molecule has 0 saturated heterocycles. The lowest BCUT2D eigenvalue weighted by atomic mass is 10.2. The number of hydrogen-bond acceptors (Lipinski definition) is 2. The minimum absolute atomic E-state index is 0.446. The molecule has 4 heteroatoms. The van der Waals surface area contributed by atoms with Crippen LogP contribution < -0.4 is 0 Å². The van der Waals surface area contributed by atoms with Gasteiger partial charge in [0, 0.05) is 18.3 Å². The minimum atomic E-state index is 0.446. The third-order valence-corrected chi connectivity index (χ3v) is 4.03. The van der Waals surface area contributed by atoms with E-state index in [-0.39, 0.29) is 0 Å². The van der Waals surface area contributed by atoms with Gasteiger partial charge in [-0.2, -0.15) is 0 Å². The van der Waals surface area contributed by atoms with Crippen molar-refractivity contribution >= 4 is 44.7 Å². The second kappa shape index (κ2) is 4.18. The molecule has 0 atom stereocenters. The predicted octanol–water partition coefficient (Wildman–Crippen LogP) is 4.01. The van der Waals surface area contributed by atoms with Gasteiger partial charge in [0.25, 0.3) is 0 Å². The monoisotopic (exact) mass is 281 g/mol. The number of aryl methyl sites for hydroxylation is 1. The van der Waals surface area contributed by atoms with E-state index in [4.69, 9.17) is 21.6 Å². The largest absolute Gasteiger partial charge is 0.327 e. The van der Waals surface area contributed by atoms with Crippen molar-refractivity contribution in [3.05, 3.63) is 48.0 Å². The normalized spacial score (nSPS) is 11.7. The van der Waals surface area contributed by atoms with E-state index in [0.29, 0.717) is 5.88 Å². The molecule has 0 fully saturated rings. The highest BCUT2D eigenvalue weighted by molar-refractivity contribution is 6.18. The molecule has 20 heavy (non-hydrogen) atoms. The second-order valence-corrected chi connectivity index (χ2v) is 5.16. The molecule has 0 saturated carbocycles. The fourth-order valence-electron chi connectivity index (χ4n) is 2.73. The van der Waals surface area contributed by atoms with Crippen LogP contribution in [0.1, 0.15) is 5.56 Å². The van der Waals surface area contributed by atoms with Gasteiger partial charge in [0.1, 0.15) is 5.52 Å². The zero-order chi connectivity index (χ0) is 13.7. The fourth-order valence-corrected chi connectivity index (χ4v) is 2.94. The Morgan fingerprint density at radius 2 is 1.85 bits per heavy atom. The number of nitrogens with zero attached hydrogens (tertiary/aromatic N) is 3. The van der Waals surface area contributed by atoms with Gasteiger partial charge in [-0.05, 0) is 17.7 Å². The zero-order valence-electron chi connectivity index (χ0n) is 11.0. The molecule has 0 spiro atoms. The first kappa shape index (κ1) is 11.7. The van der Waals surface area contributed by atoms with Gasteiger partial charge in [0.05, 0.1) is 16.6 Å². The summed E-state index contributed by atoms with van der Waals surface area (Å²) in [6, 6.07) is 14.2. The quantitative estimate of drug-likeness (QED) is 0.494. The number of benzene rings is 2. The summed E-state index contributed by atoms with van der Waals surface area (Å²) in [5.41, 5.74) is 5.79. The number of para-hydroxylation sites is 2. The van der Waals surface area contributed by atoms with E-state index in [0.717, 1.165) is 38.7 Å². The average molecular weight is 282 g/mol. The van der Waals surface area contributed by atoms with Crippen molar-refractivity contribution in [2.75, 3.05) is 0 Å². The summed E-state index contributed by atoms with van der Waals surface area (Å²) in [4.78, 5) is 9.59. The lowest BCUT2D eigenvalue weighted by molar-refractivity contribution is 0.991. The fraction of sp³-hybridized carbons (Fsp3) is 0.125. The molecular weight excluding hydrogens is 270 g/mol. The molecule has 0 radical (unpaired) electrons. The number of fused-ring (bicyclic) bond motifs is 4. The summed E-state index contributed by atoms with van der Waals surface area (Å²) in [7, 11) is 2.02. The number of hydrogen-bond donors (Lipinski definition) is 0. The van der Waals surface area contributed by atoms with Gasteiger partial charge in [-0.15, -0.1) is 11.6 Å². The van der Waals surface area contributed by atoms with Crippen LogP contribution in [-0.4, -0.2) is 14.5 Å². The third-order valence-electron chi connectivity index (χ3n) is 3.74. The first-order chi connectivity index (χ1) is 9.79. The van der Waals surface area contributed by atoms with Crippen LogP contribution in [-0.2, 0) is 12.9 Å². The Morgan fingerprint density at radius 1 is 1.00 bits per heavy atom. The van der Waals surface area contributed by atoms with Crippen LogP contribution in [0.3, 0.4) is 0 Å². The first-order valence-electron chi connectivity index (χ1n) is 6.48. The summed E-state index contributed by atoms with van der Waals surface area (Å²) in [6.07, 6.45) is 0. The molecule has 0 unspecified atom stereocenters. The van der Waals surface area contributed by atoms with E-state index in [9.17, 15) is 0 Å². The van der Waals surface area contributed by atoms with E-state index in [1.54, 1.807) is 0 Å². The molecule has 0 amide bonds. The molecule has 0 aliphatic carbocycles. The van der Waals surface area contributed by atoms with Crippen molar-refractivity contribution in [3.8, 4) is 0 Å². The van der Waals surface area contributed by atoms with Crippen molar-refractivity contribution in [1.29, 1.82) is 0 Å². The second-order valence-electron chi connectivity index (χ2n) is 4.89. The van der Waals surface area contributed by atoms with Crippen LogP contribution in [0.25, 0.3) is 33.1 Å². The molecule has 0 N–H and O–H groups in total. The van der Waals surface area contributed by atoms with Crippen LogP contribution >= 0.6 is 11.6 Å². The van der Waals surface area contributed by atoms with E-state index < -0.39 is 0 Å². The summed E-state index contributed by atoms with van der Waals surface area (Å²) in [6.45, 7) is 0. The van der Waals surface area contributed by atoms with Gasteiger partial charge in [0.15, 0.2) is 5.65 Å². The Kier molecular flexibility index (Phi) is 2.44. The molecule has 2 heterocycles. The maximum atomic E-state index is 6.00. The number of alkyl halides is 1. The molecule has 0 aliphatic heterocycles. The Balaban J connectivity index is 2.26. The molecule has 0 bridgehead atoms. The third kappa shape index (κ3) is 1.47. The first-order valence-corrected chi connectivity index (χ1v) is 7.02. The van der Waals surface area contributed by atoms with Crippen molar-refractivity contribution < 1.29 is 0 Å². The highest BCUT2D eigenvalue weighted by Gasteiger charge is 2.12. The molecule has 4 aromatic rings. The van der Waals surface area contributed by atoms with Crippen molar-refractivity contribution in [3.63, 3.8) is 0 Å². The standard InChI is InChI=1S/C16H12ClN3/c1-20-13-8-3-2-6-11(13)15-16(20)19-14-10(9-17)5-4-7-12(14)18-15/h2-8H,9H2,1H3. The molecule has 0 aliphatic rings. The molecule has 3 nitrogen and oxygen atoms in total. The van der Waals surface area contributed by atoms with Crippen molar-refractivity contribution in [2.45, 2.75) is 5.88 Å². The van der Waals surface area contributed by atoms with Crippen molar-refractivity contribution in [1.82, 2.24) is 14.5 Å². The van der Waals surface area contributed by atoms with Crippen LogP contribution in [0.15, 0.2) is 42.5 Å². The average Bonchev–Trinajstić information content (AvgIpc) is 2.78. The van der Waals surface area contributed by atoms with E-state index >= 15 is 0 Å². The lowest BCUT2D eigenvalue weighted by Gasteiger charge is -2.03. The number of rotatable bonds is 1. The van der Waals surface area contributed by atoms with Crippen LogP contribution in [0.5, 0.6) is 0 Å². The highest BCUT2D eigenvalue weighted by atomic mass is 35.5. The molecule has 2 aromatic carbocycles. The van der Waals surface area contributed by atoms with E-state index in [2.05, 4.69) is 16.7 Å². The number of halogens is 1. The summed E-state index contributed by atoms with van der Waals surface area (Å²) in [5, 5.41) is 1.13. The Bertz CT molecular complexity index is 956. The maximum absolute atomic E-state index is 6.00. The molecular formula is C16H12ClN3. The summed E-state index contributed by atoms with van der Waals surface area (Å²) >= 11 is 6.00.